The maximum absolute atomic E-state index is 12.5. The molecule has 0 saturated carbocycles. The van der Waals surface area contributed by atoms with E-state index in [1.54, 1.807) is 41.0 Å². The Morgan fingerprint density at radius 1 is 1.07 bits per heavy atom. The van der Waals surface area contributed by atoms with E-state index in [0.29, 0.717) is 39.6 Å². The number of amides is 1. The van der Waals surface area contributed by atoms with E-state index in [1.807, 2.05) is 43.3 Å². The molecule has 0 saturated heterocycles. The Balaban J connectivity index is 1.47. The molecule has 4 aromatic rings. The van der Waals surface area contributed by atoms with Gasteiger partial charge < -0.3 is 25.0 Å². The van der Waals surface area contributed by atoms with Crippen LogP contribution in [-0.2, 0) is 35.8 Å². The summed E-state index contributed by atoms with van der Waals surface area (Å²) in [5, 5.41) is 23.7. The Kier molecular flexibility index (Phi) is 11.3. The minimum absolute atomic E-state index is 0.0359. The molecule has 0 spiro atoms. The first-order chi connectivity index (χ1) is 22.1. The monoisotopic (exact) mass is 649 g/mol. The van der Waals surface area contributed by atoms with Crippen molar-refractivity contribution in [3.8, 4) is 11.1 Å². The normalized spacial score (nSPS) is 11.2. The van der Waals surface area contributed by atoms with E-state index in [-0.39, 0.29) is 36.4 Å². The summed E-state index contributed by atoms with van der Waals surface area (Å²) in [6, 6.07) is 21.2. The van der Waals surface area contributed by atoms with Crippen molar-refractivity contribution in [1.82, 2.24) is 14.7 Å². The number of nitrogens with zero attached hydrogens (tertiary/aromatic N) is 5. The van der Waals surface area contributed by atoms with Crippen LogP contribution in [0.25, 0.3) is 11.1 Å². The molecule has 0 aliphatic carbocycles. The van der Waals surface area contributed by atoms with Gasteiger partial charge in [0.1, 0.15) is 19.0 Å². The molecule has 0 fully saturated rings. The summed E-state index contributed by atoms with van der Waals surface area (Å²) in [5.41, 5.74) is 10.1. The molecule has 0 aliphatic heterocycles. The van der Waals surface area contributed by atoms with Gasteiger partial charge in [-0.1, -0.05) is 97.7 Å². The summed E-state index contributed by atoms with van der Waals surface area (Å²) in [6.45, 7) is 1.90. The summed E-state index contributed by atoms with van der Waals surface area (Å²) in [7, 11) is 0. The Morgan fingerprint density at radius 3 is 2.43 bits per heavy atom. The third-order valence-electron chi connectivity index (χ3n) is 6.86. The fourth-order valence-electron chi connectivity index (χ4n) is 4.66. The predicted molar refractivity (Wildman–Crippen MR) is 169 cm³/mol. The molecular formula is C31H32ClN7O7. The molecule has 1 heterocycles. The molecule has 240 valence electrons. The highest BCUT2D eigenvalue weighted by Gasteiger charge is 2.22. The van der Waals surface area contributed by atoms with Crippen LogP contribution >= 0.6 is 11.6 Å². The second kappa shape index (κ2) is 15.5. The smallest absolute Gasteiger partial charge is 0.445 e. The molecule has 14 nitrogen and oxygen atoms in total. The van der Waals surface area contributed by atoms with Crippen molar-refractivity contribution in [2.24, 2.45) is 16.7 Å². The molecule has 3 aromatic carbocycles. The van der Waals surface area contributed by atoms with Crippen LogP contribution in [0.5, 0.6) is 0 Å². The van der Waals surface area contributed by atoms with Crippen LogP contribution in [0.2, 0.25) is 5.15 Å². The van der Waals surface area contributed by atoms with Gasteiger partial charge in [-0.3, -0.25) is 0 Å². The number of imidazole rings is 1. The number of aryl methyl sites for hydroxylation is 1. The van der Waals surface area contributed by atoms with Crippen LogP contribution in [0.1, 0.15) is 58.3 Å². The Hall–Kier alpha value is -5.47. The fourth-order valence-corrected chi connectivity index (χ4v) is 4.94. The van der Waals surface area contributed by atoms with E-state index in [4.69, 9.17) is 27.9 Å². The number of amidine groups is 1. The number of rotatable bonds is 14. The van der Waals surface area contributed by atoms with Crippen molar-refractivity contribution in [2.45, 2.75) is 45.9 Å². The first-order valence-electron chi connectivity index (χ1n) is 14.1. The maximum Gasteiger partial charge on any atom is 0.445 e. The molecule has 0 atom stereocenters. The van der Waals surface area contributed by atoms with Gasteiger partial charge in [0, 0.05) is 18.5 Å². The average Bonchev–Trinajstić information content (AvgIpc) is 3.36. The lowest BCUT2D eigenvalue weighted by atomic mass is 9.98. The molecule has 4 rings (SSSR count). The number of halogens is 1. The number of benzene rings is 3. The SMILES string of the molecule is CCCCc1nc(Cl)c(C(=O)O)n1Cc1ccc(-c2ccccc2/C(N)=N/N(N)C(=O)OCc2cccc(CO[N+](=O)[O-])c2)cc1. The molecule has 46 heavy (non-hydrogen) atoms. The largest absolute Gasteiger partial charge is 0.476 e. The van der Waals surface area contributed by atoms with E-state index < -0.39 is 17.1 Å². The zero-order valence-corrected chi connectivity index (χ0v) is 25.6. The highest BCUT2D eigenvalue weighted by Crippen LogP contribution is 2.26. The van der Waals surface area contributed by atoms with Crippen molar-refractivity contribution in [3.63, 3.8) is 0 Å². The number of hydrogen-bond donors (Lipinski definition) is 3. The number of hydrogen-bond acceptors (Lipinski definition) is 9. The predicted octanol–water partition coefficient (Wildman–Crippen LogP) is 5.13. The summed E-state index contributed by atoms with van der Waals surface area (Å²) < 4.78 is 6.84. The zero-order chi connectivity index (χ0) is 33.2. The van der Waals surface area contributed by atoms with Crippen molar-refractivity contribution in [2.75, 3.05) is 0 Å². The van der Waals surface area contributed by atoms with Crippen LogP contribution in [0.3, 0.4) is 0 Å². The number of unbranched alkanes of at least 4 members (excludes halogenated alkanes) is 1. The molecule has 5 N–H and O–H groups in total. The lowest BCUT2D eigenvalue weighted by molar-refractivity contribution is -0.763. The summed E-state index contributed by atoms with van der Waals surface area (Å²) in [4.78, 5) is 43.5. The van der Waals surface area contributed by atoms with Gasteiger partial charge in [-0.25, -0.2) is 20.4 Å². The second-order valence-corrected chi connectivity index (χ2v) is 10.5. The van der Waals surface area contributed by atoms with Crippen LogP contribution in [-0.4, -0.2) is 42.8 Å². The Labute approximate surface area is 268 Å². The molecule has 0 bridgehead atoms. The van der Waals surface area contributed by atoms with Gasteiger partial charge in [0.25, 0.3) is 5.09 Å². The zero-order valence-electron chi connectivity index (χ0n) is 24.8. The second-order valence-electron chi connectivity index (χ2n) is 10.1. The highest BCUT2D eigenvalue weighted by atomic mass is 35.5. The number of carbonyl (C=O) groups excluding carboxylic acids is 1. The highest BCUT2D eigenvalue weighted by molar-refractivity contribution is 6.32. The van der Waals surface area contributed by atoms with E-state index in [1.165, 1.54) is 0 Å². The summed E-state index contributed by atoms with van der Waals surface area (Å²) in [5.74, 6) is 5.25. The number of carbonyl (C=O) groups is 2. The number of aromatic carboxylic acids is 1. The topological polar surface area (TPSA) is 201 Å². The van der Waals surface area contributed by atoms with Crippen molar-refractivity contribution < 1.29 is 29.4 Å². The lowest BCUT2D eigenvalue weighted by Gasteiger charge is -2.15. The molecule has 15 heteroatoms. The number of nitrogens with two attached hydrogens (primary N) is 2. The molecule has 0 aliphatic rings. The molecule has 1 aromatic heterocycles. The van der Waals surface area contributed by atoms with Crippen molar-refractivity contribution in [1.29, 1.82) is 0 Å². The third kappa shape index (κ3) is 8.58. The van der Waals surface area contributed by atoms with Crippen LogP contribution in [0.15, 0.2) is 77.9 Å². The Morgan fingerprint density at radius 2 is 1.76 bits per heavy atom. The van der Waals surface area contributed by atoms with Gasteiger partial charge in [0.15, 0.2) is 16.7 Å². The van der Waals surface area contributed by atoms with E-state index in [0.717, 1.165) is 24.0 Å². The van der Waals surface area contributed by atoms with Crippen LogP contribution < -0.4 is 11.6 Å². The van der Waals surface area contributed by atoms with Gasteiger partial charge in [-0.15, -0.1) is 20.3 Å². The standard InChI is InChI=1S/C31H32ClN7O7/c1-2-3-11-26-35-28(32)27(30(40)41)37(26)17-20-12-14-23(15-13-20)24-9-4-5-10-25(24)29(33)36-38(34)31(42)45-18-21-7-6-8-22(16-21)19-46-39(43)44/h4-10,12-16H,2-3,11,17-19,34H2,1H3,(H2,33,36)(H,40,41). The summed E-state index contributed by atoms with van der Waals surface area (Å²) >= 11 is 6.17. The Bertz CT molecular complexity index is 1740. The third-order valence-corrected chi connectivity index (χ3v) is 7.13. The summed E-state index contributed by atoms with van der Waals surface area (Å²) in [6.07, 6.45) is 1.40. The van der Waals surface area contributed by atoms with Gasteiger partial charge >= 0.3 is 12.1 Å². The quantitative estimate of drug-likeness (QED) is 0.0410. The fraction of sp³-hybridized carbons (Fsp3) is 0.226. The average molecular weight is 650 g/mol. The molecular weight excluding hydrogens is 618 g/mol. The van der Waals surface area contributed by atoms with Gasteiger partial charge in [-0.2, -0.15) is 0 Å². The minimum Gasteiger partial charge on any atom is -0.476 e. The number of carboxylic acid groups (broad SMARTS) is 1. The number of aromatic nitrogens is 2. The van der Waals surface area contributed by atoms with Gasteiger partial charge in [-0.05, 0) is 34.2 Å². The van der Waals surface area contributed by atoms with Gasteiger partial charge in [0.2, 0.25) is 0 Å². The number of hydrazine groups is 1. The molecule has 0 radical (unpaired) electrons. The molecule has 1 amide bonds. The van der Waals surface area contributed by atoms with E-state index in [2.05, 4.69) is 14.9 Å². The molecule has 0 unspecified atom stereocenters. The van der Waals surface area contributed by atoms with Crippen LogP contribution in [0.4, 0.5) is 4.79 Å². The maximum atomic E-state index is 12.5. The van der Waals surface area contributed by atoms with Crippen LogP contribution in [0, 0.1) is 10.1 Å². The van der Waals surface area contributed by atoms with Crippen molar-refractivity contribution in [3.05, 3.63) is 122 Å². The van der Waals surface area contributed by atoms with E-state index in [9.17, 15) is 24.8 Å². The van der Waals surface area contributed by atoms with Gasteiger partial charge in [0.05, 0.1) is 0 Å². The first kappa shape index (κ1) is 33.4. The minimum atomic E-state index is -1.15. The lowest BCUT2D eigenvalue weighted by Crippen LogP contribution is -2.35. The number of hydrazone groups is 1. The van der Waals surface area contributed by atoms with Crippen molar-refractivity contribution >= 4 is 29.5 Å². The first-order valence-corrected chi connectivity index (χ1v) is 14.5. The van der Waals surface area contributed by atoms with E-state index >= 15 is 0 Å². The number of carboxylic acids is 1. The number of ether oxygens (including phenoxy) is 1.